The van der Waals surface area contributed by atoms with Gasteiger partial charge in [0.2, 0.25) is 0 Å². The Morgan fingerprint density at radius 1 is 0.696 bits per heavy atom. The lowest BCUT2D eigenvalue weighted by atomic mass is 10.1. The van der Waals surface area contributed by atoms with E-state index in [0.717, 1.165) is 32.0 Å². The summed E-state index contributed by atoms with van der Waals surface area (Å²) in [6.45, 7) is 4.83. The van der Waals surface area contributed by atoms with Crippen molar-refractivity contribution in [3.63, 3.8) is 0 Å². The van der Waals surface area contributed by atoms with Crippen LogP contribution in [0.15, 0.2) is 79.6 Å². The Morgan fingerprint density at radius 2 is 1.16 bits per heavy atom. The molecule has 5 aromatic heterocycles. The van der Waals surface area contributed by atoms with Crippen molar-refractivity contribution >= 4 is 100 Å². The van der Waals surface area contributed by atoms with Crippen LogP contribution in [0.25, 0.3) is 20.4 Å². The fraction of sp³-hybridized carbons (Fsp3) is 0.356. The molecule has 7 aromatic rings. The first-order valence-corrected chi connectivity index (χ1v) is 22.3. The number of pyridine rings is 2. The standard InChI is InChI=1S/C19H19ClFN5O3S.C11H16ClN3O2.C11H7FN4OS.4CH4/c20-13-7-11(15(28)10-27)9-22-17(13)25-3-5-26(6-4-25)19(29)24-18-23-14-2-1-12(21)8-16(14)30-18;12-9-5-8(10(17)7-16)6-14-11(9)15-3-1-13-2-4-15;12-7-1-2-8-9(5-7)18-10(14-8)15-11(17)16-4-3-13-6-16;;;;/h1-2,7-9,15,27-28H,3-6,10H2,(H,23,24,29);5-6,10,13,16-17H,1-4,7H2;1-6H,(H,14,15,17);4*1H4/t15-;10-;;;;;/m11...../s1. The van der Waals surface area contributed by atoms with Gasteiger partial charge in [0.05, 0.1) is 43.7 Å². The third kappa shape index (κ3) is 14.9. The molecule has 7 N–H and O–H groups in total. The van der Waals surface area contributed by atoms with Crippen LogP contribution < -0.4 is 25.8 Å². The van der Waals surface area contributed by atoms with E-state index in [1.54, 1.807) is 35.4 Å². The van der Waals surface area contributed by atoms with Crippen molar-refractivity contribution in [3.8, 4) is 0 Å². The van der Waals surface area contributed by atoms with Crippen molar-refractivity contribution in [1.82, 2.24) is 39.7 Å². The summed E-state index contributed by atoms with van der Waals surface area (Å²) in [6.07, 6.45) is 5.53. The number of amides is 3. The quantitative estimate of drug-likeness (QED) is 0.0760. The van der Waals surface area contributed by atoms with Gasteiger partial charge in [-0.15, -0.1) is 0 Å². The van der Waals surface area contributed by atoms with Crippen LogP contribution in [0.4, 0.5) is 40.3 Å². The second-order valence-electron chi connectivity index (χ2n) is 14.3. The van der Waals surface area contributed by atoms with Gasteiger partial charge in [-0.1, -0.05) is 75.6 Å². The Bertz CT molecular complexity index is 2720. The number of hydrogen-bond donors (Lipinski definition) is 7. The maximum atomic E-state index is 13.3. The topological polar surface area (TPSA) is 230 Å². The van der Waals surface area contributed by atoms with Crippen LogP contribution in [0, 0.1) is 11.6 Å². The molecule has 24 heteroatoms. The van der Waals surface area contributed by atoms with Crippen molar-refractivity contribution in [1.29, 1.82) is 0 Å². The molecule has 18 nitrogen and oxygen atoms in total. The molecule has 374 valence electrons. The molecule has 2 aromatic carbocycles. The first-order chi connectivity index (χ1) is 31.4. The number of rotatable bonds is 8. The number of aromatic nitrogens is 6. The average Bonchev–Trinajstić information content (AvgIpc) is 4.09. The minimum Gasteiger partial charge on any atom is -0.393 e. The van der Waals surface area contributed by atoms with Crippen LogP contribution in [-0.2, 0) is 0 Å². The normalized spacial score (nSPS) is 14.0. The van der Waals surface area contributed by atoms with Gasteiger partial charge >= 0.3 is 12.1 Å². The molecule has 69 heavy (non-hydrogen) atoms. The predicted octanol–water partition coefficient (Wildman–Crippen LogP) is 8.29. The number of fused-ring (bicyclic) bond motifs is 2. The summed E-state index contributed by atoms with van der Waals surface area (Å²) in [5.74, 6) is 0.644. The highest BCUT2D eigenvalue weighted by Gasteiger charge is 2.25. The average molecular weight is 1040 g/mol. The number of hydrogen-bond acceptors (Lipinski definition) is 16. The summed E-state index contributed by atoms with van der Waals surface area (Å²) in [6, 6.07) is 11.2. The summed E-state index contributed by atoms with van der Waals surface area (Å²) in [7, 11) is 0. The monoisotopic (exact) mass is 1030 g/mol. The fourth-order valence-electron chi connectivity index (χ4n) is 6.54. The maximum Gasteiger partial charge on any atom is 0.333 e. The number of piperazine rings is 2. The first-order valence-electron chi connectivity index (χ1n) is 20.0. The third-order valence-electron chi connectivity index (χ3n) is 9.95. The van der Waals surface area contributed by atoms with Crippen LogP contribution in [0.3, 0.4) is 0 Å². The van der Waals surface area contributed by atoms with Gasteiger partial charge in [-0.2, -0.15) is 0 Å². The lowest BCUT2D eigenvalue weighted by molar-refractivity contribution is 0.0953. The third-order valence-corrected chi connectivity index (χ3v) is 12.4. The van der Waals surface area contributed by atoms with Crippen molar-refractivity contribution in [2.24, 2.45) is 0 Å². The summed E-state index contributed by atoms with van der Waals surface area (Å²) in [5, 5.41) is 47.5. The summed E-state index contributed by atoms with van der Waals surface area (Å²) >= 11 is 14.9. The number of imidazole rings is 1. The molecule has 3 amide bonds. The minimum atomic E-state index is -1.02. The van der Waals surface area contributed by atoms with E-state index >= 15 is 0 Å². The number of aliphatic hydroxyl groups is 4. The number of anilines is 4. The number of thiazole rings is 2. The van der Waals surface area contributed by atoms with Crippen molar-refractivity contribution in [2.45, 2.75) is 41.9 Å². The fourth-order valence-corrected chi connectivity index (χ4v) is 8.89. The highest BCUT2D eigenvalue weighted by Crippen LogP contribution is 2.30. The van der Waals surface area contributed by atoms with Crippen LogP contribution in [0.2, 0.25) is 10.0 Å². The molecular weight excluding hydrogens is 978 g/mol. The van der Waals surface area contributed by atoms with Gasteiger partial charge in [0.25, 0.3) is 0 Å². The second kappa shape index (κ2) is 26.9. The predicted molar refractivity (Wildman–Crippen MR) is 273 cm³/mol. The summed E-state index contributed by atoms with van der Waals surface area (Å²) in [4.78, 5) is 50.9. The molecule has 2 fully saturated rings. The van der Waals surface area contributed by atoms with E-state index < -0.39 is 18.8 Å². The van der Waals surface area contributed by atoms with Gasteiger partial charge in [0.15, 0.2) is 10.3 Å². The van der Waals surface area contributed by atoms with E-state index in [0.29, 0.717) is 83.9 Å². The zero-order valence-electron chi connectivity index (χ0n) is 34.2. The van der Waals surface area contributed by atoms with Gasteiger partial charge < -0.3 is 40.4 Å². The largest absolute Gasteiger partial charge is 0.393 e. The Labute approximate surface area is 417 Å². The number of halogens is 4. The van der Waals surface area contributed by atoms with E-state index in [1.165, 1.54) is 76.4 Å². The number of aliphatic hydroxyl groups excluding tert-OH is 4. The van der Waals surface area contributed by atoms with Crippen LogP contribution in [0.1, 0.15) is 53.0 Å². The van der Waals surface area contributed by atoms with E-state index in [1.807, 2.05) is 4.90 Å². The molecule has 0 unspecified atom stereocenters. The van der Waals surface area contributed by atoms with Gasteiger partial charge in [0, 0.05) is 88.3 Å². The van der Waals surface area contributed by atoms with E-state index in [9.17, 15) is 28.6 Å². The Kier molecular flexibility index (Phi) is 22.5. The molecule has 2 saturated heterocycles. The number of urea groups is 1. The molecule has 0 aliphatic carbocycles. The van der Waals surface area contributed by atoms with Crippen molar-refractivity contribution < 1.29 is 38.8 Å². The first kappa shape index (κ1) is 57.6. The van der Waals surface area contributed by atoms with Gasteiger partial charge in [-0.05, 0) is 48.5 Å². The number of nitrogens with one attached hydrogen (secondary N) is 3. The van der Waals surface area contributed by atoms with Crippen LogP contribution in [0.5, 0.6) is 0 Å². The Balaban J connectivity index is 0.000000281. The molecule has 0 radical (unpaired) electrons. The second-order valence-corrected chi connectivity index (χ2v) is 17.2. The molecule has 2 aliphatic rings. The number of carbonyl (C=O) groups is 2. The Hall–Kier alpha value is -5.69. The zero-order valence-corrected chi connectivity index (χ0v) is 37.3. The number of nitrogens with zero attached hydrogens (tertiary/aromatic N) is 9. The van der Waals surface area contributed by atoms with E-state index in [2.05, 4.69) is 45.8 Å². The van der Waals surface area contributed by atoms with Crippen molar-refractivity contribution in [2.75, 3.05) is 86.0 Å². The summed E-state index contributed by atoms with van der Waals surface area (Å²) < 4.78 is 29.0. The smallest absolute Gasteiger partial charge is 0.333 e. The molecule has 9 rings (SSSR count). The highest BCUT2D eigenvalue weighted by molar-refractivity contribution is 7.22. The minimum absolute atomic E-state index is 0. The summed E-state index contributed by atoms with van der Waals surface area (Å²) in [5.41, 5.74) is 2.27. The molecular formula is C45H58Cl2F2N12O6S2. The molecule has 0 bridgehead atoms. The van der Waals surface area contributed by atoms with Gasteiger partial charge in [-0.25, -0.2) is 43.3 Å². The highest BCUT2D eigenvalue weighted by atomic mass is 35.5. The molecule has 2 aliphatic heterocycles. The Morgan fingerprint density at radius 3 is 1.59 bits per heavy atom. The maximum absolute atomic E-state index is 13.3. The number of benzene rings is 2. The van der Waals surface area contributed by atoms with E-state index in [4.69, 9.17) is 33.4 Å². The lowest BCUT2D eigenvalue weighted by Crippen LogP contribution is -2.50. The van der Waals surface area contributed by atoms with Crippen LogP contribution >= 0.6 is 45.9 Å². The molecule has 2 atom stereocenters. The molecule has 7 heterocycles. The van der Waals surface area contributed by atoms with Crippen LogP contribution in [-0.4, -0.2) is 132 Å². The zero-order chi connectivity index (χ0) is 46.0. The lowest BCUT2D eigenvalue weighted by Gasteiger charge is -2.35. The van der Waals surface area contributed by atoms with E-state index in [-0.39, 0.29) is 60.0 Å². The number of carbonyl (C=O) groups excluding carboxylic acids is 2. The van der Waals surface area contributed by atoms with Gasteiger partial charge in [0.1, 0.15) is 41.8 Å². The molecule has 0 saturated carbocycles. The molecule has 0 spiro atoms. The van der Waals surface area contributed by atoms with Gasteiger partial charge in [-0.3, -0.25) is 15.2 Å². The SMILES string of the molecule is C.C.C.C.O=C(Nc1nc2ccc(F)cc2s1)N1CCN(c2ncc([C@H](O)CO)cc2Cl)CC1.O=C(Nc1nc2ccc(F)cc2s1)n1ccnc1.OC[C@@H](O)c1cnc(N2CCNCC2)c(Cl)c1. The van der Waals surface area contributed by atoms with Crippen molar-refractivity contribution in [3.05, 3.63) is 112 Å².